The second kappa shape index (κ2) is 8.95. The quantitative estimate of drug-likeness (QED) is 0.603. The van der Waals surface area contributed by atoms with Crippen molar-refractivity contribution in [3.63, 3.8) is 0 Å². The van der Waals surface area contributed by atoms with E-state index in [1.54, 1.807) is 23.1 Å². The highest BCUT2D eigenvalue weighted by atomic mass is 32.1. The highest BCUT2D eigenvalue weighted by Gasteiger charge is 2.19. The molecule has 3 aromatic rings. The average Bonchev–Trinajstić information content (AvgIpc) is 3.38. The number of carbonyl (C=O) groups is 2. The fraction of sp³-hybridized carbons (Fsp3) is 0.150. The summed E-state index contributed by atoms with van der Waals surface area (Å²) in [4.78, 5) is 30.6. The smallest absolute Gasteiger partial charge is 0.286 e. The Bertz CT molecular complexity index is 904. The minimum atomic E-state index is -0.344. The molecule has 0 bridgehead atoms. The van der Waals surface area contributed by atoms with Crippen LogP contribution in [0.25, 0.3) is 11.3 Å². The number of nitrogens with zero attached hydrogens (tertiary/aromatic N) is 2. The summed E-state index contributed by atoms with van der Waals surface area (Å²) in [6, 6.07) is 13.0. The molecule has 0 aliphatic rings. The first-order valence-electron chi connectivity index (χ1n) is 8.43. The summed E-state index contributed by atoms with van der Waals surface area (Å²) in [7, 11) is 0. The molecule has 0 saturated carbocycles. The molecule has 0 aliphatic heterocycles. The van der Waals surface area contributed by atoms with Gasteiger partial charge in [-0.15, -0.1) is 17.9 Å². The van der Waals surface area contributed by atoms with Crippen molar-refractivity contribution in [3.8, 4) is 11.3 Å². The summed E-state index contributed by atoms with van der Waals surface area (Å²) >= 11 is 1.40. The summed E-state index contributed by atoms with van der Waals surface area (Å²) in [5, 5.41) is 5.20. The molecule has 7 heteroatoms. The third-order valence-electron chi connectivity index (χ3n) is 3.77. The van der Waals surface area contributed by atoms with Gasteiger partial charge >= 0.3 is 0 Å². The molecule has 2 aromatic heterocycles. The predicted molar refractivity (Wildman–Crippen MR) is 106 cm³/mol. The van der Waals surface area contributed by atoms with Crippen molar-refractivity contribution >= 4 is 28.3 Å². The zero-order valence-electron chi connectivity index (χ0n) is 14.6. The molecular weight excluding hydrogens is 362 g/mol. The number of carbonyl (C=O) groups excluding carboxylic acids is 2. The second-order valence-corrected chi connectivity index (χ2v) is 6.49. The first-order chi connectivity index (χ1) is 13.2. The van der Waals surface area contributed by atoms with Gasteiger partial charge in [0.2, 0.25) is 5.91 Å². The van der Waals surface area contributed by atoms with E-state index in [2.05, 4.69) is 16.9 Å². The van der Waals surface area contributed by atoms with Gasteiger partial charge in [0.05, 0.1) is 12.0 Å². The number of rotatable bonds is 8. The van der Waals surface area contributed by atoms with E-state index in [9.17, 15) is 9.59 Å². The molecule has 2 amide bonds. The number of furan rings is 1. The fourth-order valence-electron chi connectivity index (χ4n) is 2.46. The van der Waals surface area contributed by atoms with E-state index in [4.69, 9.17) is 4.42 Å². The monoisotopic (exact) mass is 381 g/mol. The van der Waals surface area contributed by atoms with Crippen molar-refractivity contribution in [2.45, 2.75) is 6.42 Å². The molecule has 0 spiro atoms. The normalized spacial score (nSPS) is 10.4. The highest BCUT2D eigenvalue weighted by molar-refractivity contribution is 7.14. The second-order valence-electron chi connectivity index (χ2n) is 5.66. The summed E-state index contributed by atoms with van der Waals surface area (Å²) in [5.41, 5.74) is 1.82. The van der Waals surface area contributed by atoms with Gasteiger partial charge in [-0.1, -0.05) is 36.4 Å². The number of benzene rings is 1. The molecule has 27 heavy (non-hydrogen) atoms. The lowest BCUT2D eigenvalue weighted by atomic mass is 10.2. The van der Waals surface area contributed by atoms with Gasteiger partial charge in [0.1, 0.15) is 0 Å². The van der Waals surface area contributed by atoms with E-state index < -0.39 is 0 Å². The molecule has 2 heterocycles. The Morgan fingerprint density at radius 3 is 2.74 bits per heavy atom. The number of aromatic nitrogens is 1. The van der Waals surface area contributed by atoms with Crippen LogP contribution in [0, 0.1) is 0 Å². The Morgan fingerprint density at radius 2 is 2.04 bits per heavy atom. The van der Waals surface area contributed by atoms with Gasteiger partial charge in [-0.05, 0) is 12.1 Å². The molecule has 3 rings (SSSR count). The van der Waals surface area contributed by atoms with E-state index in [0.29, 0.717) is 11.7 Å². The molecule has 138 valence electrons. The van der Waals surface area contributed by atoms with E-state index in [1.165, 1.54) is 17.6 Å². The molecule has 0 atom stereocenters. The van der Waals surface area contributed by atoms with Crippen molar-refractivity contribution in [1.29, 1.82) is 0 Å². The van der Waals surface area contributed by atoms with Gasteiger partial charge < -0.3 is 9.73 Å². The number of hydrogen-bond donors (Lipinski definition) is 1. The van der Waals surface area contributed by atoms with Crippen molar-refractivity contribution in [2.24, 2.45) is 0 Å². The minimum Gasteiger partial charge on any atom is -0.459 e. The van der Waals surface area contributed by atoms with Gasteiger partial charge in [-0.25, -0.2) is 4.98 Å². The topological polar surface area (TPSA) is 75.4 Å². The summed E-state index contributed by atoms with van der Waals surface area (Å²) in [6.07, 6.45) is 3.24. The molecule has 1 N–H and O–H groups in total. The Hall–Kier alpha value is -3.19. The Balaban J connectivity index is 1.62. The van der Waals surface area contributed by atoms with Crippen LogP contribution >= 0.6 is 11.3 Å². The van der Waals surface area contributed by atoms with Crippen LogP contribution < -0.4 is 10.2 Å². The van der Waals surface area contributed by atoms with Gasteiger partial charge in [-0.3, -0.25) is 14.5 Å². The van der Waals surface area contributed by atoms with Gasteiger partial charge in [0.15, 0.2) is 10.9 Å². The number of nitrogens with one attached hydrogen (secondary N) is 1. The Morgan fingerprint density at radius 1 is 1.22 bits per heavy atom. The fourth-order valence-corrected chi connectivity index (χ4v) is 3.32. The lowest BCUT2D eigenvalue weighted by molar-refractivity contribution is -0.118. The van der Waals surface area contributed by atoms with Gasteiger partial charge in [0, 0.05) is 30.5 Å². The number of thiazole rings is 1. The predicted octanol–water partition coefficient (Wildman–Crippen LogP) is 3.74. The van der Waals surface area contributed by atoms with Crippen LogP contribution in [0.5, 0.6) is 0 Å². The van der Waals surface area contributed by atoms with Crippen molar-refractivity contribution in [3.05, 3.63) is 72.5 Å². The number of anilines is 1. The summed E-state index contributed by atoms with van der Waals surface area (Å²) in [5.74, 6) is -0.259. The molecule has 0 aliphatic carbocycles. The molecule has 0 radical (unpaired) electrons. The van der Waals surface area contributed by atoms with E-state index in [1.807, 2.05) is 35.7 Å². The Kier molecular flexibility index (Phi) is 6.17. The van der Waals surface area contributed by atoms with Gasteiger partial charge in [0.25, 0.3) is 5.91 Å². The van der Waals surface area contributed by atoms with E-state index in [-0.39, 0.29) is 30.5 Å². The largest absolute Gasteiger partial charge is 0.459 e. The standard InChI is InChI=1S/C20H19N3O3S/c1-2-12-23(18(24)10-11-21-19(25)17-9-6-13-26-17)20-22-16(14-27-20)15-7-4-3-5-8-15/h2-9,13-14H,1,10-12H2,(H,21,25). The molecule has 6 nitrogen and oxygen atoms in total. The lowest BCUT2D eigenvalue weighted by Gasteiger charge is -2.18. The molecular formula is C20H19N3O3S. The van der Waals surface area contributed by atoms with E-state index in [0.717, 1.165) is 11.3 Å². The maximum absolute atomic E-state index is 12.6. The maximum Gasteiger partial charge on any atom is 0.286 e. The number of amides is 2. The molecule has 0 saturated heterocycles. The average molecular weight is 381 g/mol. The SMILES string of the molecule is C=CCN(C(=O)CCNC(=O)c1ccco1)c1nc(-c2ccccc2)cs1. The molecule has 0 fully saturated rings. The first-order valence-corrected chi connectivity index (χ1v) is 9.31. The maximum atomic E-state index is 12.6. The van der Waals surface area contributed by atoms with E-state index >= 15 is 0 Å². The van der Waals surface area contributed by atoms with Crippen LogP contribution in [0.4, 0.5) is 5.13 Å². The minimum absolute atomic E-state index is 0.136. The lowest BCUT2D eigenvalue weighted by Crippen LogP contribution is -2.34. The summed E-state index contributed by atoms with van der Waals surface area (Å²) < 4.78 is 5.02. The Labute approximate surface area is 161 Å². The number of hydrogen-bond acceptors (Lipinski definition) is 5. The first kappa shape index (κ1) is 18.6. The van der Waals surface area contributed by atoms with Crippen LogP contribution in [0.3, 0.4) is 0 Å². The van der Waals surface area contributed by atoms with Crippen LogP contribution in [-0.2, 0) is 4.79 Å². The van der Waals surface area contributed by atoms with Crippen LogP contribution in [0.2, 0.25) is 0 Å². The molecule has 1 aromatic carbocycles. The zero-order valence-corrected chi connectivity index (χ0v) is 15.4. The third kappa shape index (κ3) is 4.71. The van der Waals surface area contributed by atoms with Crippen molar-refractivity contribution in [1.82, 2.24) is 10.3 Å². The van der Waals surface area contributed by atoms with Crippen LogP contribution in [0.15, 0.2) is 71.2 Å². The van der Waals surface area contributed by atoms with Gasteiger partial charge in [-0.2, -0.15) is 0 Å². The summed E-state index contributed by atoms with van der Waals surface area (Å²) in [6.45, 7) is 4.28. The van der Waals surface area contributed by atoms with Crippen LogP contribution in [0.1, 0.15) is 17.0 Å². The third-order valence-corrected chi connectivity index (χ3v) is 4.64. The highest BCUT2D eigenvalue weighted by Crippen LogP contribution is 2.27. The van der Waals surface area contributed by atoms with Crippen molar-refractivity contribution < 1.29 is 14.0 Å². The zero-order chi connectivity index (χ0) is 19.1. The van der Waals surface area contributed by atoms with Crippen LogP contribution in [-0.4, -0.2) is 29.9 Å². The van der Waals surface area contributed by atoms with Crippen molar-refractivity contribution in [2.75, 3.05) is 18.0 Å². The molecule has 0 unspecified atom stereocenters.